The fraction of sp³-hybridized carbons (Fsp3) is 0.600. The number of nitrogens with one attached hydrogen (secondary N) is 1. The van der Waals surface area contributed by atoms with Gasteiger partial charge >= 0.3 is 0 Å². The molecule has 116 valence electrons. The first-order valence-electron chi connectivity index (χ1n) is 7.24. The zero-order valence-corrected chi connectivity index (χ0v) is 12.5. The van der Waals surface area contributed by atoms with Crippen LogP contribution in [0.3, 0.4) is 0 Å². The van der Waals surface area contributed by atoms with Crippen molar-refractivity contribution in [1.82, 2.24) is 10.2 Å². The molecular formula is C15H22N2O4. The molecule has 0 saturated heterocycles. The van der Waals surface area contributed by atoms with Gasteiger partial charge in [0.2, 0.25) is 5.91 Å². The Morgan fingerprint density at radius 2 is 1.81 bits per heavy atom. The summed E-state index contributed by atoms with van der Waals surface area (Å²) in [5, 5.41) is 2.68. The number of hydrogen-bond acceptors (Lipinski definition) is 4. The minimum Gasteiger partial charge on any atom is -0.346 e. The molecule has 0 unspecified atom stereocenters. The predicted octanol–water partition coefficient (Wildman–Crippen LogP) is 0.811. The molecular weight excluding hydrogens is 272 g/mol. The second kappa shape index (κ2) is 8.34. The molecule has 6 heteroatoms. The first-order chi connectivity index (χ1) is 9.95. The molecule has 21 heavy (non-hydrogen) atoms. The van der Waals surface area contributed by atoms with Crippen molar-refractivity contribution in [3.8, 4) is 0 Å². The van der Waals surface area contributed by atoms with Gasteiger partial charge in [0.15, 0.2) is 0 Å². The number of unbranched alkanes of at least 4 members (excludes halogenated alkanes) is 2. The lowest BCUT2D eigenvalue weighted by molar-refractivity contribution is -0.137. The van der Waals surface area contributed by atoms with Gasteiger partial charge in [-0.15, -0.1) is 0 Å². The van der Waals surface area contributed by atoms with Gasteiger partial charge in [-0.25, -0.2) is 0 Å². The zero-order valence-electron chi connectivity index (χ0n) is 12.5. The Bertz CT molecular complexity index is 425. The van der Waals surface area contributed by atoms with Crippen LogP contribution in [0.1, 0.15) is 39.5 Å². The largest absolute Gasteiger partial charge is 0.346 e. The van der Waals surface area contributed by atoms with Gasteiger partial charge in [0.05, 0.1) is 6.04 Å². The Balaban J connectivity index is 2.14. The monoisotopic (exact) mass is 294 g/mol. The van der Waals surface area contributed by atoms with Crippen LogP contribution in [0.25, 0.3) is 0 Å². The maximum Gasteiger partial charge on any atom is 0.253 e. The van der Waals surface area contributed by atoms with Crippen molar-refractivity contribution >= 4 is 24.0 Å². The van der Waals surface area contributed by atoms with Crippen LogP contribution in [0.15, 0.2) is 12.2 Å². The highest BCUT2D eigenvalue weighted by molar-refractivity contribution is 6.12. The van der Waals surface area contributed by atoms with Gasteiger partial charge in [0.25, 0.3) is 11.8 Å². The van der Waals surface area contributed by atoms with Gasteiger partial charge in [-0.05, 0) is 18.8 Å². The molecule has 1 N–H and O–H groups in total. The van der Waals surface area contributed by atoms with Crippen LogP contribution in [0.4, 0.5) is 0 Å². The van der Waals surface area contributed by atoms with E-state index in [1.54, 1.807) is 0 Å². The van der Waals surface area contributed by atoms with Crippen LogP contribution >= 0.6 is 0 Å². The molecule has 0 saturated carbocycles. The molecule has 0 aromatic carbocycles. The van der Waals surface area contributed by atoms with Crippen molar-refractivity contribution in [3.63, 3.8) is 0 Å². The first-order valence-corrected chi connectivity index (χ1v) is 7.24. The van der Waals surface area contributed by atoms with Crippen molar-refractivity contribution in [2.75, 3.05) is 6.54 Å². The SMILES string of the molecule is CC(C)[C@@H](C=O)NC(=O)CCCCCN1C(=O)C=CC1=O. The van der Waals surface area contributed by atoms with Crippen molar-refractivity contribution in [1.29, 1.82) is 0 Å². The van der Waals surface area contributed by atoms with Gasteiger partial charge in [0, 0.05) is 25.1 Å². The lowest BCUT2D eigenvalue weighted by Crippen LogP contribution is -2.39. The third kappa shape index (κ3) is 5.49. The van der Waals surface area contributed by atoms with E-state index in [0.717, 1.165) is 12.7 Å². The van der Waals surface area contributed by atoms with E-state index < -0.39 is 6.04 Å². The molecule has 1 rings (SSSR count). The Kier molecular flexibility index (Phi) is 6.78. The number of carbonyl (C=O) groups excluding carboxylic acids is 4. The second-order valence-electron chi connectivity index (χ2n) is 5.45. The van der Waals surface area contributed by atoms with E-state index in [0.29, 0.717) is 25.8 Å². The van der Waals surface area contributed by atoms with Crippen LogP contribution < -0.4 is 5.32 Å². The molecule has 3 amide bonds. The maximum absolute atomic E-state index is 11.6. The standard InChI is InChI=1S/C15H22N2O4/c1-11(2)12(10-18)16-13(19)6-4-3-5-9-17-14(20)7-8-15(17)21/h7-8,10-12H,3-6,9H2,1-2H3,(H,16,19)/t12-/m1/s1. The third-order valence-electron chi connectivity index (χ3n) is 3.38. The van der Waals surface area contributed by atoms with E-state index in [4.69, 9.17) is 0 Å². The Morgan fingerprint density at radius 1 is 1.19 bits per heavy atom. The molecule has 1 atom stereocenters. The fourth-order valence-corrected chi connectivity index (χ4v) is 2.00. The van der Waals surface area contributed by atoms with Crippen LogP contribution in [0.2, 0.25) is 0 Å². The summed E-state index contributed by atoms with van der Waals surface area (Å²) in [5.74, 6) is -0.617. The van der Waals surface area contributed by atoms with Crippen molar-refractivity contribution in [3.05, 3.63) is 12.2 Å². The van der Waals surface area contributed by atoms with E-state index in [1.807, 2.05) is 13.8 Å². The second-order valence-corrected chi connectivity index (χ2v) is 5.45. The molecule has 0 radical (unpaired) electrons. The molecule has 1 aliphatic rings. The Morgan fingerprint density at radius 3 is 2.33 bits per heavy atom. The van der Waals surface area contributed by atoms with Crippen LogP contribution in [0, 0.1) is 5.92 Å². The number of aldehydes is 1. The molecule has 0 bridgehead atoms. The van der Waals surface area contributed by atoms with Gasteiger partial charge in [-0.1, -0.05) is 20.3 Å². The highest BCUT2D eigenvalue weighted by Crippen LogP contribution is 2.08. The lowest BCUT2D eigenvalue weighted by atomic mass is 10.1. The van der Waals surface area contributed by atoms with E-state index in [9.17, 15) is 19.2 Å². The molecule has 6 nitrogen and oxygen atoms in total. The minimum absolute atomic E-state index is 0.0751. The van der Waals surface area contributed by atoms with Crippen molar-refractivity contribution in [2.45, 2.75) is 45.6 Å². The number of amides is 3. The van der Waals surface area contributed by atoms with Gasteiger partial charge in [-0.3, -0.25) is 19.3 Å². The van der Waals surface area contributed by atoms with Gasteiger partial charge in [-0.2, -0.15) is 0 Å². The molecule has 0 fully saturated rings. The zero-order chi connectivity index (χ0) is 15.8. The summed E-state index contributed by atoms with van der Waals surface area (Å²) in [4.78, 5) is 46.2. The quantitative estimate of drug-likeness (QED) is 0.387. The molecule has 0 aliphatic carbocycles. The Labute approximate surface area is 124 Å². The molecule has 1 aliphatic heterocycles. The summed E-state index contributed by atoms with van der Waals surface area (Å²) in [6, 6.07) is -0.441. The van der Waals surface area contributed by atoms with Crippen molar-refractivity contribution < 1.29 is 19.2 Å². The number of rotatable bonds is 9. The average molecular weight is 294 g/mol. The first kappa shape index (κ1) is 17.1. The molecule has 0 aromatic rings. The molecule has 0 aromatic heterocycles. The smallest absolute Gasteiger partial charge is 0.253 e. The summed E-state index contributed by atoms with van der Waals surface area (Å²) in [6.45, 7) is 4.13. The fourth-order valence-electron chi connectivity index (χ4n) is 2.00. The number of imide groups is 1. The normalized spacial score (nSPS) is 15.7. The third-order valence-corrected chi connectivity index (χ3v) is 3.38. The lowest BCUT2D eigenvalue weighted by Gasteiger charge is -2.16. The molecule has 1 heterocycles. The number of hydrogen-bond donors (Lipinski definition) is 1. The summed E-state index contributed by atoms with van der Waals surface area (Å²) in [5.41, 5.74) is 0. The topological polar surface area (TPSA) is 83.6 Å². The summed E-state index contributed by atoms with van der Waals surface area (Å²) >= 11 is 0. The summed E-state index contributed by atoms with van der Waals surface area (Å²) in [7, 11) is 0. The highest BCUT2D eigenvalue weighted by Gasteiger charge is 2.22. The number of carbonyl (C=O) groups is 4. The van der Waals surface area contributed by atoms with E-state index >= 15 is 0 Å². The highest BCUT2D eigenvalue weighted by atomic mass is 16.2. The van der Waals surface area contributed by atoms with Gasteiger partial charge < -0.3 is 10.1 Å². The minimum atomic E-state index is -0.441. The van der Waals surface area contributed by atoms with E-state index in [1.165, 1.54) is 17.1 Å². The maximum atomic E-state index is 11.6. The Hall–Kier alpha value is -1.98. The average Bonchev–Trinajstić information content (AvgIpc) is 2.75. The van der Waals surface area contributed by atoms with Crippen LogP contribution in [0.5, 0.6) is 0 Å². The molecule has 0 spiro atoms. The van der Waals surface area contributed by atoms with E-state index in [2.05, 4.69) is 5.32 Å². The van der Waals surface area contributed by atoms with Crippen molar-refractivity contribution in [2.24, 2.45) is 5.92 Å². The van der Waals surface area contributed by atoms with E-state index in [-0.39, 0.29) is 23.6 Å². The van der Waals surface area contributed by atoms with Crippen LogP contribution in [-0.4, -0.2) is 41.5 Å². The van der Waals surface area contributed by atoms with Gasteiger partial charge in [0.1, 0.15) is 6.29 Å². The predicted molar refractivity (Wildman–Crippen MR) is 77.2 cm³/mol. The number of nitrogens with zero attached hydrogens (tertiary/aromatic N) is 1. The van der Waals surface area contributed by atoms with Crippen LogP contribution in [-0.2, 0) is 19.2 Å². The summed E-state index contributed by atoms with van der Waals surface area (Å²) < 4.78 is 0. The summed E-state index contributed by atoms with van der Waals surface area (Å²) in [6.07, 6.45) is 5.71.